The maximum Gasteiger partial charge on any atom is 0.408 e. The van der Waals surface area contributed by atoms with E-state index in [0.717, 1.165) is 5.56 Å². The maximum absolute atomic E-state index is 13.5. The molecule has 0 saturated carbocycles. The van der Waals surface area contributed by atoms with E-state index in [-0.39, 0.29) is 19.1 Å². The first-order valence-electron chi connectivity index (χ1n) is 11.9. The lowest BCUT2D eigenvalue weighted by atomic mass is 9.93. The predicted octanol–water partition coefficient (Wildman–Crippen LogP) is 4.10. The molecule has 38 heavy (non-hydrogen) atoms. The smallest absolute Gasteiger partial charge is 0.408 e. The Bertz CT molecular complexity index is 1360. The zero-order chi connectivity index (χ0) is 26.6. The standard InChI is InChI=1S/C28H27NO9/c1-32-18-6-7-19-22(14-18)37-26(17-5-9-21-24(13-17)36-15-35-21)27(25(19)30)38-28(31)29-11-10-16-4-8-20(33-2)23(12-16)34-3/h4-9,12-14,26-27H,10-11,15H2,1-3H3,(H,29,31)/t26-,27+/m0/s1. The number of amides is 1. The van der Waals surface area contributed by atoms with Gasteiger partial charge in [-0.1, -0.05) is 12.1 Å². The molecule has 10 nitrogen and oxygen atoms in total. The highest BCUT2D eigenvalue weighted by Crippen LogP contribution is 2.41. The molecule has 198 valence electrons. The van der Waals surface area contributed by atoms with Gasteiger partial charge in [0.1, 0.15) is 11.5 Å². The molecule has 0 aliphatic carbocycles. The van der Waals surface area contributed by atoms with E-state index >= 15 is 0 Å². The monoisotopic (exact) mass is 521 g/mol. The molecule has 1 amide bonds. The molecule has 1 N–H and O–H groups in total. The van der Waals surface area contributed by atoms with Gasteiger partial charge in [0.15, 0.2) is 29.1 Å². The highest BCUT2D eigenvalue weighted by molar-refractivity contribution is 6.04. The molecule has 2 aliphatic rings. The van der Waals surface area contributed by atoms with Crippen LogP contribution in [0.15, 0.2) is 54.6 Å². The highest BCUT2D eigenvalue weighted by Gasteiger charge is 2.42. The third-order valence-electron chi connectivity index (χ3n) is 6.33. The van der Waals surface area contributed by atoms with Crippen LogP contribution in [0.5, 0.6) is 34.5 Å². The zero-order valence-corrected chi connectivity index (χ0v) is 21.1. The number of carbonyl (C=O) groups excluding carboxylic acids is 2. The van der Waals surface area contributed by atoms with Crippen molar-refractivity contribution in [3.63, 3.8) is 0 Å². The normalized spacial score (nSPS) is 17.2. The van der Waals surface area contributed by atoms with E-state index in [2.05, 4.69) is 5.32 Å². The van der Waals surface area contributed by atoms with Crippen molar-refractivity contribution in [2.45, 2.75) is 18.6 Å². The molecular weight excluding hydrogens is 494 g/mol. The minimum atomic E-state index is -1.22. The Morgan fingerprint density at radius 1 is 0.895 bits per heavy atom. The highest BCUT2D eigenvalue weighted by atomic mass is 16.7. The first-order valence-corrected chi connectivity index (χ1v) is 11.9. The Morgan fingerprint density at radius 2 is 1.71 bits per heavy atom. The van der Waals surface area contributed by atoms with E-state index in [9.17, 15) is 9.59 Å². The topological polar surface area (TPSA) is 111 Å². The number of benzene rings is 3. The van der Waals surface area contributed by atoms with Crippen molar-refractivity contribution in [3.8, 4) is 34.5 Å². The molecule has 0 fully saturated rings. The van der Waals surface area contributed by atoms with E-state index in [1.54, 1.807) is 56.7 Å². The van der Waals surface area contributed by atoms with Crippen LogP contribution >= 0.6 is 0 Å². The van der Waals surface area contributed by atoms with Gasteiger partial charge in [0.05, 0.1) is 26.9 Å². The zero-order valence-electron chi connectivity index (χ0n) is 21.1. The fraction of sp³-hybridized carbons (Fsp3) is 0.286. The van der Waals surface area contributed by atoms with Gasteiger partial charge in [-0.2, -0.15) is 0 Å². The molecule has 0 radical (unpaired) electrons. The molecule has 0 spiro atoms. The van der Waals surface area contributed by atoms with Gasteiger partial charge in [-0.3, -0.25) is 4.79 Å². The van der Waals surface area contributed by atoms with Crippen molar-refractivity contribution >= 4 is 11.9 Å². The van der Waals surface area contributed by atoms with Gasteiger partial charge in [-0.15, -0.1) is 0 Å². The molecule has 5 rings (SSSR count). The Balaban J connectivity index is 1.32. The molecule has 3 aromatic rings. The minimum Gasteiger partial charge on any atom is -0.497 e. The fourth-order valence-electron chi connectivity index (χ4n) is 4.37. The number of alkyl carbamates (subject to hydrolysis) is 1. The van der Waals surface area contributed by atoms with E-state index in [4.69, 9.17) is 33.2 Å². The van der Waals surface area contributed by atoms with Gasteiger partial charge >= 0.3 is 6.09 Å². The number of carbonyl (C=O) groups is 2. The minimum absolute atomic E-state index is 0.103. The Hall–Kier alpha value is -4.60. The summed E-state index contributed by atoms with van der Waals surface area (Å²) in [5, 5.41) is 2.72. The summed E-state index contributed by atoms with van der Waals surface area (Å²) < 4.78 is 38.6. The number of fused-ring (bicyclic) bond motifs is 2. The second-order valence-corrected chi connectivity index (χ2v) is 8.57. The lowest BCUT2D eigenvalue weighted by Gasteiger charge is -2.32. The van der Waals surface area contributed by atoms with Crippen LogP contribution in [0.2, 0.25) is 0 Å². The van der Waals surface area contributed by atoms with Gasteiger partial charge in [0, 0.05) is 18.2 Å². The third-order valence-corrected chi connectivity index (χ3v) is 6.33. The van der Waals surface area contributed by atoms with Crippen LogP contribution in [0.3, 0.4) is 0 Å². The molecular formula is C28H27NO9. The van der Waals surface area contributed by atoms with Gasteiger partial charge in [-0.25, -0.2) is 4.79 Å². The molecule has 10 heteroatoms. The molecule has 0 unspecified atom stereocenters. The SMILES string of the molecule is COc1ccc2c(c1)O[C@@H](c1ccc3c(c1)OCO3)[C@H](OC(=O)NCCc1ccc(OC)c(OC)c1)C2=O. The second-order valence-electron chi connectivity index (χ2n) is 8.57. The Morgan fingerprint density at radius 3 is 2.50 bits per heavy atom. The van der Waals surface area contributed by atoms with Crippen LogP contribution in [-0.4, -0.2) is 52.6 Å². The summed E-state index contributed by atoms with van der Waals surface area (Å²) in [7, 11) is 4.66. The van der Waals surface area contributed by atoms with Crippen molar-refractivity contribution in [2.75, 3.05) is 34.7 Å². The molecule has 3 aromatic carbocycles. The lowest BCUT2D eigenvalue weighted by Crippen LogP contribution is -2.42. The van der Waals surface area contributed by atoms with E-state index < -0.39 is 18.3 Å². The third kappa shape index (κ3) is 4.97. The average Bonchev–Trinajstić information content (AvgIpc) is 3.42. The van der Waals surface area contributed by atoms with E-state index in [0.29, 0.717) is 52.0 Å². The summed E-state index contributed by atoms with van der Waals surface area (Å²) in [5.41, 5.74) is 1.83. The quantitative estimate of drug-likeness (QED) is 0.468. The van der Waals surface area contributed by atoms with Crippen molar-refractivity contribution in [1.29, 1.82) is 0 Å². The van der Waals surface area contributed by atoms with E-state index in [1.807, 2.05) is 12.1 Å². The number of hydrogen-bond acceptors (Lipinski definition) is 9. The summed E-state index contributed by atoms with van der Waals surface area (Å²) in [6.07, 6.45) is -2.36. The maximum atomic E-state index is 13.5. The molecule has 2 heterocycles. The number of ketones is 1. The Labute approximate surface area is 219 Å². The molecule has 0 aromatic heterocycles. The van der Waals surface area contributed by atoms with Crippen LogP contribution in [-0.2, 0) is 11.2 Å². The fourth-order valence-corrected chi connectivity index (χ4v) is 4.37. The lowest BCUT2D eigenvalue weighted by molar-refractivity contribution is 0.00902. The first-order chi connectivity index (χ1) is 18.5. The van der Waals surface area contributed by atoms with Gasteiger partial charge < -0.3 is 38.5 Å². The summed E-state index contributed by atoms with van der Waals surface area (Å²) in [4.78, 5) is 26.3. The second kappa shape index (κ2) is 10.8. The predicted molar refractivity (Wildman–Crippen MR) is 135 cm³/mol. The van der Waals surface area contributed by atoms with Crippen molar-refractivity contribution in [1.82, 2.24) is 5.32 Å². The number of rotatable bonds is 8. The molecule has 0 bridgehead atoms. The largest absolute Gasteiger partial charge is 0.497 e. The van der Waals surface area contributed by atoms with Crippen LogP contribution < -0.4 is 33.7 Å². The number of Topliss-reactive ketones (excluding diaryl/α,β-unsaturated/α-hetero) is 1. The summed E-state index contributed by atoms with van der Waals surface area (Å²) in [5.74, 6) is 2.81. The van der Waals surface area contributed by atoms with Crippen LogP contribution in [0.4, 0.5) is 4.79 Å². The van der Waals surface area contributed by atoms with Crippen LogP contribution in [0.25, 0.3) is 0 Å². The van der Waals surface area contributed by atoms with Gasteiger partial charge in [-0.05, 0) is 48.4 Å². The number of methoxy groups -OCH3 is 3. The molecule has 2 aliphatic heterocycles. The van der Waals surface area contributed by atoms with Crippen molar-refractivity contribution < 1.29 is 42.7 Å². The van der Waals surface area contributed by atoms with Crippen molar-refractivity contribution in [2.24, 2.45) is 0 Å². The van der Waals surface area contributed by atoms with Crippen LogP contribution in [0, 0.1) is 0 Å². The Kier molecular flexibility index (Phi) is 7.12. The summed E-state index contributed by atoms with van der Waals surface area (Å²) >= 11 is 0. The van der Waals surface area contributed by atoms with Gasteiger partial charge in [0.2, 0.25) is 18.7 Å². The molecule has 0 saturated heterocycles. The number of nitrogens with one attached hydrogen (secondary N) is 1. The van der Waals surface area contributed by atoms with E-state index in [1.165, 1.54) is 7.11 Å². The summed E-state index contributed by atoms with van der Waals surface area (Å²) in [6.45, 7) is 0.379. The number of ether oxygens (including phenoxy) is 7. The van der Waals surface area contributed by atoms with Crippen LogP contribution in [0.1, 0.15) is 27.6 Å². The van der Waals surface area contributed by atoms with Gasteiger partial charge in [0.25, 0.3) is 0 Å². The summed E-state index contributed by atoms with van der Waals surface area (Å²) in [6, 6.07) is 15.6. The van der Waals surface area contributed by atoms with Crippen molar-refractivity contribution in [3.05, 3.63) is 71.3 Å². The average molecular weight is 522 g/mol. The first kappa shape index (κ1) is 25.1. The number of hydrogen-bond donors (Lipinski definition) is 1. The molecule has 2 atom stereocenters.